The molecular formula is C17H25ClN2. The number of hydrogen-bond acceptors (Lipinski definition) is 2. The summed E-state index contributed by atoms with van der Waals surface area (Å²) < 4.78 is 0. The van der Waals surface area contributed by atoms with Crippen molar-refractivity contribution in [2.45, 2.75) is 32.2 Å². The van der Waals surface area contributed by atoms with Crippen LogP contribution in [0.3, 0.4) is 0 Å². The number of hydrogen-bond donors (Lipinski definition) is 1. The van der Waals surface area contributed by atoms with E-state index in [1.54, 1.807) is 0 Å². The van der Waals surface area contributed by atoms with Gasteiger partial charge in [0.1, 0.15) is 0 Å². The van der Waals surface area contributed by atoms with Crippen LogP contribution in [0.2, 0.25) is 5.02 Å². The minimum atomic E-state index is 0.829. The number of rotatable bonds is 5. The van der Waals surface area contributed by atoms with E-state index < -0.39 is 0 Å². The first-order valence-corrected chi connectivity index (χ1v) is 8.20. The topological polar surface area (TPSA) is 15.3 Å². The van der Waals surface area contributed by atoms with Crippen LogP contribution >= 0.6 is 11.6 Å². The quantitative estimate of drug-likeness (QED) is 0.884. The average molecular weight is 293 g/mol. The molecule has 1 aromatic rings. The van der Waals surface area contributed by atoms with Crippen molar-refractivity contribution in [2.24, 2.45) is 17.8 Å². The van der Waals surface area contributed by atoms with Crippen molar-refractivity contribution < 1.29 is 0 Å². The Hall–Kier alpha value is -0.730. The highest BCUT2D eigenvalue weighted by atomic mass is 35.5. The highest BCUT2D eigenvalue weighted by Crippen LogP contribution is 2.48. The van der Waals surface area contributed by atoms with E-state index in [-0.39, 0.29) is 0 Å². The molecule has 3 heteroatoms. The molecule has 2 saturated carbocycles. The Morgan fingerprint density at radius 2 is 2.15 bits per heavy atom. The number of nitrogens with zero attached hydrogens (tertiary/aromatic N) is 1. The molecule has 0 heterocycles. The Morgan fingerprint density at radius 3 is 2.80 bits per heavy atom. The standard InChI is InChI=1S/C17H25ClN2/c1-19-10-15-16(18)4-3-5-17(15)20(2)11-14-9-12-6-7-13(14)8-12/h3-5,12-14,19H,6-11H2,1-2H3. The van der Waals surface area contributed by atoms with Crippen LogP contribution in [0.5, 0.6) is 0 Å². The Balaban J connectivity index is 1.73. The van der Waals surface area contributed by atoms with Crippen LogP contribution in [0.15, 0.2) is 18.2 Å². The van der Waals surface area contributed by atoms with Crippen molar-refractivity contribution in [3.63, 3.8) is 0 Å². The van der Waals surface area contributed by atoms with Gasteiger partial charge in [0, 0.05) is 36.4 Å². The molecule has 3 atom stereocenters. The van der Waals surface area contributed by atoms with E-state index >= 15 is 0 Å². The summed E-state index contributed by atoms with van der Waals surface area (Å²) in [6.07, 6.45) is 5.86. The molecule has 1 aromatic carbocycles. The maximum Gasteiger partial charge on any atom is 0.0471 e. The second kappa shape index (κ2) is 5.95. The summed E-state index contributed by atoms with van der Waals surface area (Å²) in [5.74, 6) is 2.89. The zero-order valence-corrected chi connectivity index (χ0v) is 13.3. The molecule has 2 aliphatic rings. The van der Waals surface area contributed by atoms with Gasteiger partial charge in [-0.3, -0.25) is 0 Å². The van der Waals surface area contributed by atoms with E-state index in [9.17, 15) is 0 Å². The normalized spacial score (nSPS) is 28.1. The number of fused-ring (bicyclic) bond motifs is 2. The monoisotopic (exact) mass is 292 g/mol. The minimum Gasteiger partial charge on any atom is -0.374 e. The van der Waals surface area contributed by atoms with Gasteiger partial charge in [-0.15, -0.1) is 0 Å². The van der Waals surface area contributed by atoms with Crippen LogP contribution in [0.1, 0.15) is 31.2 Å². The lowest BCUT2D eigenvalue weighted by molar-refractivity contribution is 0.337. The molecular weight excluding hydrogens is 268 g/mol. The molecule has 0 spiro atoms. The van der Waals surface area contributed by atoms with Crippen molar-refractivity contribution in [1.82, 2.24) is 5.32 Å². The maximum absolute atomic E-state index is 6.37. The van der Waals surface area contributed by atoms with E-state index in [4.69, 9.17) is 11.6 Å². The van der Waals surface area contributed by atoms with Crippen LogP contribution < -0.4 is 10.2 Å². The summed E-state index contributed by atoms with van der Waals surface area (Å²) in [6, 6.07) is 6.25. The second-order valence-corrected chi connectivity index (χ2v) is 6.99. The molecule has 2 aliphatic carbocycles. The van der Waals surface area contributed by atoms with Gasteiger partial charge in [0.2, 0.25) is 0 Å². The first-order valence-electron chi connectivity index (χ1n) is 7.82. The van der Waals surface area contributed by atoms with Gasteiger partial charge < -0.3 is 10.2 Å². The van der Waals surface area contributed by atoms with E-state index in [1.807, 2.05) is 13.1 Å². The summed E-state index contributed by atoms with van der Waals surface area (Å²) in [7, 11) is 4.19. The van der Waals surface area contributed by atoms with E-state index in [2.05, 4.69) is 29.4 Å². The zero-order valence-electron chi connectivity index (χ0n) is 12.5. The van der Waals surface area contributed by atoms with Crippen LogP contribution in [0.25, 0.3) is 0 Å². The minimum absolute atomic E-state index is 0.829. The molecule has 1 N–H and O–H groups in total. The Labute approximate surface area is 127 Å². The first kappa shape index (κ1) is 14.2. The summed E-state index contributed by atoms with van der Waals surface area (Å²) in [4.78, 5) is 2.42. The third-order valence-electron chi connectivity index (χ3n) is 5.25. The average Bonchev–Trinajstić information content (AvgIpc) is 3.03. The molecule has 3 unspecified atom stereocenters. The van der Waals surface area contributed by atoms with E-state index in [0.717, 1.165) is 29.3 Å². The molecule has 0 amide bonds. The van der Waals surface area contributed by atoms with Gasteiger partial charge in [0.15, 0.2) is 0 Å². The van der Waals surface area contributed by atoms with Crippen LogP contribution in [-0.4, -0.2) is 20.6 Å². The van der Waals surface area contributed by atoms with Crippen molar-refractivity contribution in [3.8, 4) is 0 Å². The van der Waals surface area contributed by atoms with Crippen LogP contribution in [0, 0.1) is 17.8 Å². The maximum atomic E-state index is 6.37. The fourth-order valence-corrected chi connectivity index (χ4v) is 4.54. The SMILES string of the molecule is CNCc1c(Cl)cccc1N(C)CC1CC2CCC1C2. The highest BCUT2D eigenvalue weighted by molar-refractivity contribution is 6.31. The smallest absolute Gasteiger partial charge is 0.0471 e. The third-order valence-corrected chi connectivity index (χ3v) is 5.61. The molecule has 0 aromatic heterocycles. The van der Waals surface area contributed by atoms with E-state index in [0.29, 0.717) is 0 Å². The summed E-state index contributed by atoms with van der Waals surface area (Å²) >= 11 is 6.37. The molecule has 0 radical (unpaired) electrons. The second-order valence-electron chi connectivity index (χ2n) is 6.58. The van der Waals surface area contributed by atoms with Gasteiger partial charge in [-0.2, -0.15) is 0 Å². The lowest BCUT2D eigenvalue weighted by Crippen LogP contribution is -2.29. The van der Waals surface area contributed by atoms with Crippen LogP contribution in [0.4, 0.5) is 5.69 Å². The fraction of sp³-hybridized carbons (Fsp3) is 0.647. The first-order chi connectivity index (χ1) is 9.69. The van der Waals surface area contributed by atoms with Gasteiger partial charge in [0.05, 0.1) is 0 Å². The van der Waals surface area contributed by atoms with Gasteiger partial charge in [-0.05, 0) is 56.2 Å². The molecule has 110 valence electrons. The lowest BCUT2D eigenvalue weighted by Gasteiger charge is -2.30. The summed E-state index contributed by atoms with van der Waals surface area (Å²) in [6.45, 7) is 2.01. The van der Waals surface area contributed by atoms with Crippen molar-refractivity contribution in [3.05, 3.63) is 28.8 Å². The van der Waals surface area contributed by atoms with Gasteiger partial charge in [-0.25, -0.2) is 0 Å². The van der Waals surface area contributed by atoms with Gasteiger partial charge in [-0.1, -0.05) is 24.1 Å². The Kier molecular flexibility index (Phi) is 4.23. The molecule has 3 rings (SSSR count). The van der Waals surface area contributed by atoms with Gasteiger partial charge >= 0.3 is 0 Å². The van der Waals surface area contributed by atoms with Gasteiger partial charge in [0.25, 0.3) is 0 Å². The van der Waals surface area contributed by atoms with E-state index in [1.165, 1.54) is 43.5 Å². The number of benzene rings is 1. The summed E-state index contributed by atoms with van der Waals surface area (Å²) in [5.41, 5.74) is 2.51. The molecule has 2 fully saturated rings. The third kappa shape index (κ3) is 2.68. The van der Waals surface area contributed by atoms with Crippen LogP contribution in [-0.2, 0) is 6.54 Å². The predicted molar refractivity (Wildman–Crippen MR) is 86.4 cm³/mol. The number of nitrogens with one attached hydrogen (secondary N) is 1. The summed E-state index contributed by atoms with van der Waals surface area (Å²) in [5, 5.41) is 4.10. The number of halogens is 1. The molecule has 20 heavy (non-hydrogen) atoms. The van der Waals surface area contributed by atoms with Crippen molar-refractivity contribution in [2.75, 3.05) is 25.5 Å². The predicted octanol–water partition coefficient (Wildman–Crippen LogP) is 3.93. The molecule has 2 bridgehead atoms. The Bertz CT molecular complexity index is 474. The molecule has 2 nitrogen and oxygen atoms in total. The molecule has 0 aliphatic heterocycles. The molecule has 0 saturated heterocycles. The largest absolute Gasteiger partial charge is 0.374 e. The zero-order chi connectivity index (χ0) is 14.1. The number of anilines is 1. The van der Waals surface area contributed by atoms with Crippen molar-refractivity contribution in [1.29, 1.82) is 0 Å². The fourth-order valence-electron chi connectivity index (χ4n) is 4.31. The lowest BCUT2D eigenvalue weighted by atomic mass is 9.88. The Morgan fingerprint density at radius 1 is 1.30 bits per heavy atom. The van der Waals surface area contributed by atoms with Crippen molar-refractivity contribution >= 4 is 17.3 Å². The highest BCUT2D eigenvalue weighted by Gasteiger charge is 2.39.